The molecule has 5 nitrogen and oxygen atoms in total. The molecule has 0 radical (unpaired) electrons. The highest BCUT2D eigenvalue weighted by Crippen LogP contribution is 2.63. The van der Waals surface area contributed by atoms with E-state index >= 15 is 0 Å². The van der Waals surface area contributed by atoms with Gasteiger partial charge < -0.3 is 10.5 Å². The number of alkyl halides is 2. The maximum atomic E-state index is 12.6. The van der Waals surface area contributed by atoms with Crippen LogP contribution in [0.25, 0.3) is 11.3 Å². The van der Waals surface area contributed by atoms with Crippen LogP contribution in [0.1, 0.15) is 57.2 Å². The zero-order chi connectivity index (χ0) is 18.4. The third kappa shape index (κ3) is 2.93. The Labute approximate surface area is 151 Å². The van der Waals surface area contributed by atoms with Gasteiger partial charge in [0.1, 0.15) is 0 Å². The second-order valence-corrected chi connectivity index (χ2v) is 7.43. The van der Waals surface area contributed by atoms with Gasteiger partial charge in [0.2, 0.25) is 0 Å². The van der Waals surface area contributed by atoms with E-state index in [9.17, 15) is 8.78 Å². The Balaban J connectivity index is 1.70. The number of halogens is 2. The topological polar surface area (TPSA) is 66.0 Å². The summed E-state index contributed by atoms with van der Waals surface area (Å²) in [6.07, 6.45) is 6.47. The molecule has 2 aromatic rings. The van der Waals surface area contributed by atoms with E-state index in [0.29, 0.717) is 17.5 Å². The van der Waals surface area contributed by atoms with Crippen molar-refractivity contribution in [2.24, 2.45) is 11.8 Å². The first-order valence-electron chi connectivity index (χ1n) is 9.29. The number of hydrogen-bond acceptors (Lipinski definition) is 4. The number of ether oxygens (including phenoxy) is 1. The molecule has 2 heterocycles. The van der Waals surface area contributed by atoms with Crippen LogP contribution in [0.3, 0.4) is 0 Å². The number of fused-ring (bicyclic) bond motifs is 1. The summed E-state index contributed by atoms with van der Waals surface area (Å²) in [5.41, 5.74) is 8.28. The second kappa shape index (κ2) is 6.52. The van der Waals surface area contributed by atoms with Gasteiger partial charge in [0.05, 0.1) is 5.69 Å². The lowest BCUT2D eigenvalue weighted by Crippen LogP contribution is -2.10. The minimum absolute atomic E-state index is 0.0487. The summed E-state index contributed by atoms with van der Waals surface area (Å²) in [4.78, 5) is 4.00. The van der Waals surface area contributed by atoms with Crippen LogP contribution in [0.5, 0.6) is 5.75 Å². The monoisotopic (exact) mass is 362 g/mol. The van der Waals surface area contributed by atoms with Crippen molar-refractivity contribution in [1.29, 1.82) is 0 Å². The first-order valence-corrected chi connectivity index (χ1v) is 9.29. The molecule has 0 bridgehead atoms. The van der Waals surface area contributed by atoms with Crippen molar-refractivity contribution in [2.75, 3.05) is 5.73 Å². The standard InChI is InChI=1S/C19H24F2N4O/c1-3-10(2)25-15(17-12-5-4-6-13(12)17)8-14(24-25)11-7-16(26-19(20)21)18(22)23-9-11/h7-10,12-13,17,19H,3-6H2,1-2H3,(H2,22,23). The Bertz CT molecular complexity index is 797. The van der Waals surface area contributed by atoms with Crippen molar-refractivity contribution < 1.29 is 13.5 Å². The number of nitrogen functional groups attached to an aromatic ring is 1. The molecule has 2 saturated carbocycles. The van der Waals surface area contributed by atoms with Crippen LogP contribution < -0.4 is 10.5 Å². The second-order valence-electron chi connectivity index (χ2n) is 7.43. The molecular weight excluding hydrogens is 338 g/mol. The normalized spacial score (nSPS) is 25.3. The van der Waals surface area contributed by atoms with Crippen LogP contribution in [0.15, 0.2) is 18.3 Å². The van der Waals surface area contributed by atoms with Crippen LogP contribution in [0, 0.1) is 11.8 Å². The van der Waals surface area contributed by atoms with E-state index in [2.05, 4.69) is 34.3 Å². The molecule has 3 unspecified atom stereocenters. The summed E-state index contributed by atoms with van der Waals surface area (Å²) in [6, 6.07) is 3.88. The van der Waals surface area contributed by atoms with Gasteiger partial charge in [-0.05, 0) is 50.2 Å². The SMILES string of the molecule is CCC(C)n1nc(-c2cnc(N)c(OC(F)F)c2)cc1C1C2CCCC21. The number of aromatic nitrogens is 3. The maximum absolute atomic E-state index is 12.6. The van der Waals surface area contributed by atoms with Crippen LogP contribution in [-0.4, -0.2) is 21.4 Å². The lowest BCUT2D eigenvalue weighted by atomic mass is 10.1. The number of hydrogen-bond donors (Lipinski definition) is 1. The lowest BCUT2D eigenvalue weighted by Gasteiger charge is -2.14. The van der Waals surface area contributed by atoms with Crippen molar-refractivity contribution >= 4 is 5.82 Å². The van der Waals surface area contributed by atoms with Crippen molar-refractivity contribution in [3.63, 3.8) is 0 Å². The van der Waals surface area contributed by atoms with E-state index < -0.39 is 6.61 Å². The van der Waals surface area contributed by atoms with E-state index in [-0.39, 0.29) is 11.6 Å². The molecule has 0 amide bonds. The highest BCUT2D eigenvalue weighted by molar-refractivity contribution is 5.64. The third-order valence-corrected chi connectivity index (χ3v) is 5.91. The van der Waals surface area contributed by atoms with Crippen LogP contribution in [0.4, 0.5) is 14.6 Å². The van der Waals surface area contributed by atoms with Crippen molar-refractivity contribution in [2.45, 2.75) is 58.1 Å². The van der Waals surface area contributed by atoms with Crippen molar-refractivity contribution in [3.05, 3.63) is 24.0 Å². The number of rotatable bonds is 6. The van der Waals surface area contributed by atoms with Crippen molar-refractivity contribution in [3.8, 4) is 17.0 Å². The molecule has 0 saturated heterocycles. The summed E-state index contributed by atoms with van der Waals surface area (Å²) in [7, 11) is 0. The molecule has 0 aromatic carbocycles. The summed E-state index contributed by atoms with van der Waals surface area (Å²) < 4.78 is 31.7. The van der Waals surface area contributed by atoms with Gasteiger partial charge in [-0.3, -0.25) is 4.68 Å². The van der Waals surface area contributed by atoms with E-state index in [0.717, 1.165) is 24.0 Å². The highest BCUT2D eigenvalue weighted by Gasteiger charge is 2.54. The zero-order valence-electron chi connectivity index (χ0n) is 15.0. The molecule has 26 heavy (non-hydrogen) atoms. The van der Waals surface area contributed by atoms with Gasteiger partial charge >= 0.3 is 6.61 Å². The molecule has 2 fully saturated rings. The largest absolute Gasteiger partial charge is 0.431 e. The molecule has 2 N–H and O–H groups in total. The van der Waals surface area contributed by atoms with E-state index in [1.165, 1.54) is 31.0 Å². The van der Waals surface area contributed by atoms with Gasteiger partial charge in [-0.1, -0.05) is 13.3 Å². The zero-order valence-corrected chi connectivity index (χ0v) is 15.0. The first kappa shape index (κ1) is 17.2. The molecule has 4 rings (SSSR count). The quantitative estimate of drug-likeness (QED) is 0.815. The Kier molecular flexibility index (Phi) is 4.32. The lowest BCUT2D eigenvalue weighted by molar-refractivity contribution is -0.0494. The number of nitrogens with zero attached hydrogens (tertiary/aromatic N) is 3. The number of pyridine rings is 1. The molecule has 2 aliphatic carbocycles. The van der Waals surface area contributed by atoms with Crippen LogP contribution in [-0.2, 0) is 0 Å². The fourth-order valence-corrected chi connectivity index (χ4v) is 4.37. The Hall–Kier alpha value is -2.18. The van der Waals surface area contributed by atoms with Crippen LogP contribution >= 0.6 is 0 Å². The third-order valence-electron chi connectivity index (χ3n) is 5.91. The highest BCUT2D eigenvalue weighted by atomic mass is 19.3. The van der Waals surface area contributed by atoms with Gasteiger partial charge in [0.15, 0.2) is 11.6 Å². The van der Waals surface area contributed by atoms with E-state index in [4.69, 9.17) is 10.8 Å². The van der Waals surface area contributed by atoms with E-state index in [1.54, 1.807) is 6.20 Å². The summed E-state index contributed by atoms with van der Waals surface area (Å²) >= 11 is 0. The minimum atomic E-state index is -2.94. The summed E-state index contributed by atoms with van der Waals surface area (Å²) in [6.45, 7) is 1.36. The molecule has 0 aliphatic heterocycles. The summed E-state index contributed by atoms with van der Waals surface area (Å²) in [5.74, 6) is 1.99. The Morgan fingerprint density at radius 3 is 2.69 bits per heavy atom. The van der Waals surface area contributed by atoms with E-state index in [1.807, 2.05) is 0 Å². The van der Waals surface area contributed by atoms with Gasteiger partial charge in [-0.2, -0.15) is 13.9 Å². The van der Waals surface area contributed by atoms with Crippen molar-refractivity contribution in [1.82, 2.24) is 14.8 Å². The van der Waals surface area contributed by atoms with Gasteiger partial charge in [0.25, 0.3) is 0 Å². The summed E-state index contributed by atoms with van der Waals surface area (Å²) in [5, 5.41) is 4.78. The molecule has 140 valence electrons. The van der Waals surface area contributed by atoms with Gasteiger partial charge in [0, 0.05) is 29.4 Å². The molecule has 3 atom stereocenters. The Morgan fingerprint density at radius 2 is 2.04 bits per heavy atom. The first-order chi connectivity index (χ1) is 12.5. The number of anilines is 1. The predicted octanol–water partition coefficient (Wildman–Crippen LogP) is 4.61. The number of nitrogens with two attached hydrogens (primary N) is 1. The predicted molar refractivity (Wildman–Crippen MR) is 95.1 cm³/mol. The van der Waals surface area contributed by atoms with Gasteiger partial charge in [-0.25, -0.2) is 4.98 Å². The fourth-order valence-electron chi connectivity index (χ4n) is 4.37. The van der Waals surface area contributed by atoms with Gasteiger partial charge in [-0.15, -0.1) is 0 Å². The Morgan fingerprint density at radius 1 is 1.31 bits per heavy atom. The average Bonchev–Trinajstić information content (AvgIpc) is 3.00. The molecule has 0 spiro atoms. The average molecular weight is 362 g/mol. The maximum Gasteiger partial charge on any atom is 0.387 e. The minimum Gasteiger partial charge on any atom is -0.431 e. The molecule has 7 heteroatoms. The smallest absolute Gasteiger partial charge is 0.387 e. The van der Waals surface area contributed by atoms with Crippen LogP contribution in [0.2, 0.25) is 0 Å². The fraction of sp³-hybridized carbons (Fsp3) is 0.579. The molecule has 2 aromatic heterocycles. The molecule has 2 aliphatic rings. The molecular formula is C19H24F2N4O.